The summed E-state index contributed by atoms with van der Waals surface area (Å²) in [5.74, 6) is 2.51. The van der Waals surface area contributed by atoms with Crippen LogP contribution in [0.3, 0.4) is 0 Å². The molecule has 0 spiro atoms. The Morgan fingerprint density at radius 2 is 1.75 bits per heavy atom. The highest BCUT2D eigenvalue weighted by atomic mass is 16.1. The number of rotatable bonds is 6. The van der Waals surface area contributed by atoms with Crippen molar-refractivity contribution < 1.29 is 4.79 Å². The summed E-state index contributed by atoms with van der Waals surface area (Å²) in [6, 6.07) is 10.5. The van der Waals surface area contributed by atoms with Crippen LogP contribution in [0.1, 0.15) is 57.9 Å². The van der Waals surface area contributed by atoms with Crippen molar-refractivity contribution >= 4 is 5.78 Å². The number of benzene rings is 1. The number of carbonyl (C=O) groups excluding carboxylic acids is 1. The molecule has 1 fully saturated rings. The molecule has 1 aliphatic rings. The summed E-state index contributed by atoms with van der Waals surface area (Å²) in [4.78, 5) is 12.3. The quantitative estimate of drug-likeness (QED) is 0.709. The van der Waals surface area contributed by atoms with E-state index in [1.54, 1.807) is 0 Å². The number of hydrogen-bond acceptors (Lipinski definition) is 1. The van der Waals surface area contributed by atoms with Gasteiger partial charge in [-0.3, -0.25) is 4.79 Å². The largest absolute Gasteiger partial charge is 0.299 e. The average molecular weight is 272 g/mol. The van der Waals surface area contributed by atoms with E-state index in [9.17, 15) is 4.79 Å². The van der Waals surface area contributed by atoms with Crippen molar-refractivity contribution in [3.8, 4) is 0 Å². The van der Waals surface area contributed by atoms with Crippen LogP contribution in [-0.4, -0.2) is 5.78 Å². The molecule has 0 bridgehead atoms. The van der Waals surface area contributed by atoms with Crippen molar-refractivity contribution in [2.24, 2.45) is 17.8 Å². The number of Topliss-reactive ketones (excluding diaryl/α,β-unsaturated/α-hetero) is 1. The predicted octanol–water partition coefficient (Wildman–Crippen LogP) is 5.04. The van der Waals surface area contributed by atoms with Gasteiger partial charge in [0, 0.05) is 12.3 Å². The SMILES string of the molecule is CC(C)C1CCC(C(=O)CCCc2ccccc2)CC1. The van der Waals surface area contributed by atoms with Crippen molar-refractivity contribution in [3.05, 3.63) is 35.9 Å². The van der Waals surface area contributed by atoms with Gasteiger partial charge in [-0.15, -0.1) is 0 Å². The number of aryl methyl sites for hydroxylation is 1. The molecule has 1 saturated carbocycles. The van der Waals surface area contributed by atoms with Gasteiger partial charge in [-0.05, 0) is 55.9 Å². The molecule has 2 rings (SSSR count). The molecular formula is C19H28O. The molecule has 0 heterocycles. The third kappa shape index (κ3) is 4.47. The second kappa shape index (κ2) is 7.61. The Kier molecular flexibility index (Phi) is 5.82. The molecule has 1 aromatic rings. The molecule has 0 aromatic heterocycles. The predicted molar refractivity (Wildman–Crippen MR) is 84.7 cm³/mol. The summed E-state index contributed by atoms with van der Waals surface area (Å²) in [5.41, 5.74) is 1.35. The van der Waals surface area contributed by atoms with E-state index in [0.717, 1.165) is 43.9 Å². The minimum atomic E-state index is 0.362. The maximum Gasteiger partial charge on any atom is 0.135 e. The highest BCUT2D eigenvalue weighted by Gasteiger charge is 2.26. The zero-order valence-corrected chi connectivity index (χ0v) is 13.0. The van der Waals surface area contributed by atoms with Gasteiger partial charge in [0.15, 0.2) is 0 Å². The molecule has 110 valence electrons. The van der Waals surface area contributed by atoms with Gasteiger partial charge in [0.25, 0.3) is 0 Å². The highest BCUT2D eigenvalue weighted by molar-refractivity contribution is 5.81. The lowest BCUT2D eigenvalue weighted by Crippen LogP contribution is -2.24. The van der Waals surface area contributed by atoms with Crippen LogP contribution in [0.5, 0.6) is 0 Å². The lowest BCUT2D eigenvalue weighted by Gasteiger charge is -2.30. The maximum absolute atomic E-state index is 12.3. The Hall–Kier alpha value is -1.11. The van der Waals surface area contributed by atoms with Gasteiger partial charge in [0.1, 0.15) is 5.78 Å². The first-order valence-electron chi connectivity index (χ1n) is 8.23. The fourth-order valence-electron chi connectivity index (χ4n) is 3.42. The van der Waals surface area contributed by atoms with Crippen LogP contribution in [-0.2, 0) is 11.2 Å². The number of ketones is 1. The lowest BCUT2D eigenvalue weighted by molar-refractivity contribution is -0.124. The Bertz CT molecular complexity index is 399. The summed E-state index contributed by atoms with van der Waals surface area (Å²) in [7, 11) is 0. The fourth-order valence-corrected chi connectivity index (χ4v) is 3.42. The summed E-state index contributed by atoms with van der Waals surface area (Å²) in [6.45, 7) is 4.62. The van der Waals surface area contributed by atoms with E-state index < -0.39 is 0 Å². The average Bonchev–Trinajstić information content (AvgIpc) is 2.48. The van der Waals surface area contributed by atoms with Crippen molar-refractivity contribution in [2.45, 2.75) is 58.8 Å². The topological polar surface area (TPSA) is 17.1 Å². The lowest BCUT2D eigenvalue weighted by atomic mass is 9.75. The first-order valence-corrected chi connectivity index (χ1v) is 8.23. The van der Waals surface area contributed by atoms with Crippen molar-refractivity contribution in [1.82, 2.24) is 0 Å². The minimum Gasteiger partial charge on any atom is -0.299 e. The third-order valence-corrected chi connectivity index (χ3v) is 4.90. The second-order valence-corrected chi connectivity index (χ2v) is 6.66. The first-order chi connectivity index (χ1) is 9.66. The van der Waals surface area contributed by atoms with Crippen molar-refractivity contribution in [1.29, 1.82) is 0 Å². The molecule has 0 atom stereocenters. The fraction of sp³-hybridized carbons (Fsp3) is 0.632. The summed E-state index contributed by atoms with van der Waals surface area (Å²) >= 11 is 0. The van der Waals surface area contributed by atoms with Gasteiger partial charge in [0.05, 0.1) is 0 Å². The Balaban J connectivity index is 1.68. The molecule has 0 N–H and O–H groups in total. The maximum atomic E-state index is 12.3. The van der Waals surface area contributed by atoms with Gasteiger partial charge >= 0.3 is 0 Å². The monoisotopic (exact) mass is 272 g/mol. The van der Waals surface area contributed by atoms with Crippen LogP contribution < -0.4 is 0 Å². The number of carbonyl (C=O) groups is 1. The first kappa shape index (κ1) is 15.3. The highest BCUT2D eigenvalue weighted by Crippen LogP contribution is 2.34. The molecule has 1 aromatic carbocycles. The molecule has 0 amide bonds. The van der Waals surface area contributed by atoms with E-state index in [4.69, 9.17) is 0 Å². The Morgan fingerprint density at radius 1 is 1.10 bits per heavy atom. The number of hydrogen-bond donors (Lipinski definition) is 0. The van der Waals surface area contributed by atoms with E-state index in [1.807, 2.05) is 6.07 Å². The molecule has 0 aliphatic heterocycles. The molecule has 1 nitrogen and oxygen atoms in total. The smallest absolute Gasteiger partial charge is 0.135 e. The van der Waals surface area contributed by atoms with E-state index >= 15 is 0 Å². The second-order valence-electron chi connectivity index (χ2n) is 6.66. The third-order valence-electron chi connectivity index (χ3n) is 4.90. The normalized spacial score (nSPS) is 22.9. The molecule has 0 unspecified atom stereocenters. The van der Waals surface area contributed by atoms with Crippen LogP contribution >= 0.6 is 0 Å². The van der Waals surface area contributed by atoms with Gasteiger partial charge in [-0.25, -0.2) is 0 Å². The van der Waals surface area contributed by atoms with E-state index in [2.05, 4.69) is 38.1 Å². The molecule has 1 heteroatoms. The van der Waals surface area contributed by atoms with E-state index in [0.29, 0.717) is 11.7 Å². The zero-order chi connectivity index (χ0) is 14.4. The Morgan fingerprint density at radius 3 is 2.35 bits per heavy atom. The summed E-state index contributed by atoms with van der Waals surface area (Å²) < 4.78 is 0. The van der Waals surface area contributed by atoms with Gasteiger partial charge in [0.2, 0.25) is 0 Å². The summed E-state index contributed by atoms with van der Waals surface area (Å²) in [6.07, 6.45) is 7.59. The minimum absolute atomic E-state index is 0.362. The molecule has 20 heavy (non-hydrogen) atoms. The molecule has 1 aliphatic carbocycles. The van der Waals surface area contributed by atoms with E-state index in [-0.39, 0.29) is 0 Å². The van der Waals surface area contributed by atoms with Crippen LogP contribution in [0.4, 0.5) is 0 Å². The summed E-state index contributed by atoms with van der Waals surface area (Å²) in [5, 5.41) is 0. The standard InChI is InChI=1S/C19H28O/c1-15(2)17-11-13-18(14-12-17)19(20)10-6-9-16-7-4-3-5-8-16/h3-5,7-8,15,17-18H,6,9-14H2,1-2H3. The van der Waals surface area contributed by atoms with Crippen LogP contribution in [0.15, 0.2) is 30.3 Å². The zero-order valence-electron chi connectivity index (χ0n) is 13.0. The van der Waals surface area contributed by atoms with Gasteiger partial charge in [-0.1, -0.05) is 44.2 Å². The molecule has 0 saturated heterocycles. The van der Waals surface area contributed by atoms with Gasteiger partial charge in [-0.2, -0.15) is 0 Å². The molecular weight excluding hydrogens is 244 g/mol. The van der Waals surface area contributed by atoms with Crippen LogP contribution in [0.25, 0.3) is 0 Å². The van der Waals surface area contributed by atoms with Crippen LogP contribution in [0.2, 0.25) is 0 Å². The van der Waals surface area contributed by atoms with Crippen molar-refractivity contribution in [2.75, 3.05) is 0 Å². The van der Waals surface area contributed by atoms with E-state index in [1.165, 1.54) is 18.4 Å². The van der Waals surface area contributed by atoms with Crippen LogP contribution in [0, 0.1) is 17.8 Å². The molecule has 0 radical (unpaired) electrons. The van der Waals surface area contributed by atoms with Gasteiger partial charge < -0.3 is 0 Å². The van der Waals surface area contributed by atoms with Crippen molar-refractivity contribution in [3.63, 3.8) is 0 Å². The Labute approximate surface area is 123 Å².